The summed E-state index contributed by atoms with van der Waals surface area (Å²) < 4.78 is 21.3. The van der Waals surface area contributed by atoms with Crippen molar-refractivity contribution in [3.63, 3.8) is 0 Å². The number of alkyl halides is 1. The highest BCUT2D eigenvalue weighted by Gasteiger charge is 2.55. The molecule has 0 radical (unpaired) electrons. The molecular formula is C13H22FN5O3. The van der Waals surface area contributed by atoms with Gasteiger partial charge in [-0.15, -0.1) is 0 Å². The number of aliphatic hydroxyl groups is 2. The molecule has 1 aliphatic rings. The number of imidazole rings is 1. The highest BCUT2D eigenvalue weighted by atomic mass is 19.1. The van der Waals surface area contributed by atoms with Crippen LogP contribution in [0.2, 0.25) is 0 Å². The van der Waals surface area contributed by atoms with Gasteiger partial charge in [0.15, 0.2) is 12.4 Å². The number of hydrogen-bond donors (Lipinski definition) is 4. The molecule has 1 saturated heterocycles. The normalized spacial score (nSPS) is 31.5. The second-order valence-corrected chi connectivity index (χ2v) is 5.60. The summed E-state index contributed by atoms with van der Waals surface area (Å²) in [6, 6.07) is 0. The molecule has 1 aliphatic heterocycles. The molecule has 0 aromatic carbocycles. The van der Waals surface area contributed by atoms with Gasteiger partial charge in [0.25, 0.3) is 0 Å². The fourth-order valence-corrected chi connectivity index (χ4v) is 2.53. The number of hydrogen-bond acceptors (Lipinski definition) is 6. The molecule has 22 heavy (non-hydrogen) atoms. The Kier molecular flexibility index (Phi) is 4.41. The molecule has 2 heterocycles. The molecule has 0 saturated carbocycles. The number of aliphatic hydroxyl groups excluding tert-OH is 2. The number of ether oxygens (including phenoxy) is 1. The highest BCUT2D eigenvalue weighted by molar-refractivity contribution is 5.98. The van der Waals surface area contributed by atoms with Crippen molar-refractivity contribution < 1.29 is 19.3 Å². The van der Waals surface area contributed by atoms with Gasteiger partial charge in [0.2, 0.25) is 0 Å². The first kappa shape index (κ1) is 16.7. The molecule has 124 valence electrons. The number of amidine groups is 1. The van der Waals surface area contributed by atoms with Crippen molar-refractivity contribution in [1.29, 1.82) is 5.41 Å². The standard InChI is InChI=1S/C13H22FN5O3/c1-4-13(5-20)9(21)7(14)12(22-13)19-6-17-8(11(19)16)10(15)18(2)3/h6-7,9,12,15,20-21H,4-5,16H2,1-3H3/t7-,9+,12-,13-/m1/s1. The van der Waals surface area contributed by atoms with Crippen LogP contribution in [0.3, 0.4) is 0 Å². The first-order chi connectivity index (χ1) is 10.3. The molecule has 4 atom stereocenters. The van der Waals surface area contributed by atoms with E-state index < -0.39 is 30.7 Å². The van der Waals surface area contributed by atoms with E-state index in [0.29, 0.717) is 0 Å². The lowest BCUT2D eigenvalue weighted by Gasteiger charge is -2.28. The average molecular weight is 315 g/mol. The van der Waals surface area contributed by atoms with Crippen LogP contribution in [0.5, 0.6) is 0 Å². The number of nitrogens with one attached hydrogen (secondary N) is 1. The first-order valence-corrected chi connectivity index (χ1v) is 6.98. The molecular weight excluding hydrogens is 293 g/mol. The smallest absolute Gasteiger partial charge is 0.174 e. The van der Waals surface area contributed by atoms with Crippen molar-refractivity contribution in [3.05, 3.63) is 12.0 Å². The summed E-state index contributed by atoms with van der Waals surface area (Å²) in [7, 11) is 3.34. The number of nitrogens with zero attached hydrogens (tertiary/aromatic N) is 3. The molecule has 0 spiro atoms. The molecule has 0 unspecified atom stereocenters. The van der Waals surface area contributed by atoms with E-state index >= 15 is 0 Å². The van der Waals surface area contributed by atoms with Gasteiger partial charge in [-0.3, -0.25) is 9.98 Å². The number of halogens is 1. The summed E-state index contributed by atoms with van der Waals surface area (Å²) in [5.74, 6) is 0.150. The molecule has 1 aromatic heterocycles. The van der Waals surface area contributed by atoms with Gasteiger partial charge in [-0.25, -0.2) is 9.37 Å². The fraction of sp³-hybridized carbons (Fsp3) is 0.692. The van der Waals surface area contributed by atoms with Crippen molar-refractivity contribution in [2.45, 2.75) is 37.4 Å². The summed E-state index contributed by atoms with van der Waals surface area (Å²) in [6.07, 6.45) is -2.90. The SMILES string of the molecule is CC[C@]1(CO)O[C@@H](n2cnc(C(=N)N(C)C)c2N)[C@H](F)[C@@H]1O. The van der Waals surface area contributed by atoms with E-state index in [1.54, 1.807) is 21.0 Å². The summed E-state index contributed by atoms with van der Waals surface area (Å²) in [5, 5.41) is 27.4. The predicted molar refractivity (Wildman–Crippen MR) is 78.3 cm³/mol. The van der Waals surface area contributed by atoms with Crippen LogP contribution in [0.15, 0.2) is 6.33 Å². The molecule has 0 amide bonds. The van der Waals surface area contributed by atoms with Crippen LogP contribution < -0.4 is 5.73 Å². The number of rotatable bonds is 4. The van der Waals surface area contributed by atoms with Crippen molar-refractivity contribution in [3.8, 4) is 0 Å². The minimum atomic E-state index is -1.76. The van der Waals surface area contributed by atoms with Crippen LogP contribution in [0.4, 0.5) is 10.2 Å². The topological polar surface area (TPSA) is 121 Å². The van der Waals surface area contributed by atoms with E-state index in [1.165, 1.54) is 15.8 Å². The maximum absolute atomic E-state index is 14.4. The van der Waals surface area contributed by atoms with E-state index in [4.69, 9.17) is 15.9 Å². The number of aromatic nitrogens is 2. The molecule has 1 aromatic rings. The van der Waals surface area contributed by atoms with E-state index in [-0.39, 0.29) is 23.8 Å². The summed E-state index contributed by atoms with van der Waals surface area (Å²) in [4.78, 5) is 5.54. The maximum atomic E-state index is 14.4. The third-order valence-electron chi connectivity index (χ3n) is 4.11. The van der Waals surface area contributed by atoms with E-state index in [0.717, 1.165) is 0 Å². The Labute approximate surface area is 127 Å². The Morgan fingerprint density at radius 2 is 2.27 bits per heavy atom. The van der Waals surface area contributed by atoms with Crippen molar-refractivity contribution >= 4 is 11.7 Å². The highest BCUT2D eigenvalue weighted by Crippen LogP contribution is 2.41. The third-order valence-corrected chi connectivity index (χ3v) is 4.11. The summed E-state index contributed by atoms with van der Waals surface area (Å²) in [6.45, 7) is 1.19. The number of anilines is 1. The molecule has 0 bridgehead atoms. The third kappa shape index (κ3) is 2.34. The number of nitrogen functional groups attached to an aromatic ring is 1. The van der Waals surface area contributed by atoms with Gasteiger partial charge < -0.3 is 25.6 Å². The zero-order chi connectivity index (χ0) is 16.7. The molecule has 9 heteroatoms. The quantitative estimate of drug-likeness (QED) is 0.448. The van der Waals surface area contributed by atoms with Gasteiger partial charge >= 0.3 is 0 Å². The Morgan fingerprint density at radius 1 is 1.64 bits per heavy atom. The van der Waals surface area contributed by atoms with Crippen LogP contribution in [-0.2, 0) is 4.74 Å². The van der Waals surface area contributed by atoms with Gasteiger partial charge in [-0.05, 0) is 6.42 Å². The van der Waals surface area contributed by atoms with Gasteiger partial charge in [0, 0.05) is 14.1 Å². The van der Waals surface area contributed by atoms with Crippen LogP contribution in [-0.4, -0.2) is 69.1 Å². The fourth-order valence-electron chi connectivity index (χ4n) is 2.53. The molecule has 2 rings (SSSR count). The van der Waals surface area contributed by atoms with E-state index in [1.807, 2.05) is 0 Å². The van der Waals surface area contributed by atoms with Crippen LogP contribution in [0, 0.1) is 5.41 Å². The maximum Gasteiger partial charge on any atom is 0.174 e. The predicted octanol–water partition coefficient (Wildman–Crippen LogP) is -0.279. The van der Waals surface area contributed by atoms with Gasteiger partial charge in [-0.2, -0.15) is 0 Å². The number of nitrogens with two attached hydrogens (primary N) is 1. The van der Waals surface area contributed by atoms with Crippen molar-refractivity contribution in [1.82, 2.24) is 14.5 Å². The molecule has 8 nitrogen and oxygen atoms in total. The lowest BCUT2D eigenvalue weighted by Crippen LogP contribution is -2.44. The summed E-state index contributed by atoms with van der Waals surface area (Å²) in [5.41, 5.74) is 4.78. The largest absolute Gasteiger partial charge is 0.393 e. The van der Waals surface area contributed by atoms with E-state index in [2.05, 4.69) is 4.98 Å². The zero-order valence-electron chi connectivity index (χ0n) is 12.8. The van der Waals surface area contributed by atoms with Crippen LogP contribution in [0.25, 0.3) is 0 Å². The first-order valence-electron chi connectivity index (χ1n) is 6.98. The van der Waals surface area contributed by atoms with Crippen molar-refractivity contribution in [2.24, 2.45) is 0 Å². The van der Waals surface area contributed by atoms with Gasteiger partial charge in [0.1, 0.15) is 29.1 Å². The molecule has 0 aliphatic carbocycles. The van der Waals surface area contributed by atoms with Crippen molar-refractivity contribution in [2.75, 3.05) is 26.4 Å². The van der Waals surface area contributed by atoms with Crippen LogP contribution >= 0.6 is 0 Å². The van der Waals surface area contributed by atoms with Crippen LogP contribution in [0.1, 0.15) is 25.3 Å². The second kappa shape index (κ2) is 5.82. The van der Waals surface area contributed by atoms with E-state index in [9.17, 15) is 14.6 Å². The zero-order valence-corrected chi connectivity index (χ0v) is 12.8. The Bertz CT molecular complexity index is 558. The Hall–Kier alpha value is -1.71. The monoisotopic (exact) mass is 315 g/mol. The Balaban J connectivity index is 2.36. The summed E-state index contributed by atoms with van der Waals surface area (Å²) >= 11 is 0. The molecule has 5 N–H and O–H groups in total. The lowest BCUT2D eigenvalue weighted by atomic mass is 9.94. The second-order valence-electron chi connectivity index (χ2n) is 5.60. The minimum Gasteiger partial charge on any atom is -0.393 e. The Morgan fingerprint density at radius 3 is 2.73 bits per heavy atom. The van der Waals surface area contributed by atoms with Gasteiger partial charge in [-0.1, -0.05) is 6.92 Å². The molecule has 1 fully saturated rings. The lowest BCUT2D eigenvalue weighted by molar-refractivity contribution is -0.129. The average Bonchev–Trinajstić information content (AvgIpc) is 2.99. The van der Waals surface area contributed by atoms with Gasteiger partial charge in [0.05, 0.1) is 12.9 Å². The minimum absolute atomic E-state index is 0.0726.